The van der Waals surface area contributed by atoms with Gasteiger partial charge in [-0.1, -0.05) is 25.3 Å². The first-order valence-corrected chi connectivity index (χ1v) is 6.66. The zero-order chi connectivity index (χ0) is 12.8. The number of aromatic nitrogens is 2. The fraction of sp³-hybridized carbons (Fsp3) is 0.818. The van der Waals surface area contributed by atoms with E-state index in [1.165, 1.54) is 11.5 Å². The van der Waals surface area contributed by atoms with E-state index in [2.05, 4.69) is 35.8 Å². The van der Waals surface area contributed by atoms with Crippen molar-refractivity contribution in [3.8, 4) is 0 Å². The predicted molar refractivity (Wildman–Crippen MR) is 69.7 cm³/mol. The summed E-state index contributed by atoms with van der Waals surface area (Å²) in [5.74, 6) is 6.42. The maximum atomic E-state index is 5.67. The molecule has 17 heavy (non-hydrogen) atoms. The van der Waals surface area contributed by atoms with Gasteiger partial charge in [0.15, 0.2) is 0 Å². The van der Waals surface area contributed by atoms with E-state index >= 15 is 0 Å². The molecule has 1 aromatic heterocycles. The van der Waals surface area contributed by atoms with Crippen molar-refractivity contribution in [1.29, 1.82) is 0 Å². The summed E-state index contributed by atoms with van der Waals surface area (Å²) in [6, 6.07) is 0.0996. The number of methoxy groups -OCH3 is 1. The fourth-order valence-corrected chi connectivity index (χ4v) is 2.79. The van der Waals surface area contributed by atoms with Crippen LogP contribution in [0, 0.1) is 5.92 Å². The molecule has 2 unspecified atom stereocenters. The number of hydrogen-bond donors (Lipinski definition) is 2. The standard InChI is InChI=1S/C11H22N4OS/c1-7(2)9-11(17-15-14-9)10(13-12)8(3)5-6-16-4/h7-8,10,13H,5-6,12H2,1-4H3. The Labute approximate surface area is 107 Å². The lowest BCUT2D eigenvalue weighted by Crippen LogP contribution is -2.33. The Bertz CT molecular complexity index is 329. The topological polar surface area (TPSA) is 73.1 Å². The van der Waals surface area contributed by atoms with Gasteiger partial charge in [-0.25, -0.2) is 0 Å². The average Bonchev–Trinajstić information content (AvgIpc) is 2.76. The Kier molecular flexibility index (Phi) is 5.97. The van der Waals surface area contributed by atoms with Gasteiger partial charge in [0.05, 0.1) is 16.6 Å². The molecule has 5 nitrogen and oxygen atoms in total. The monoisotopic (exact) mass is 258 g/mol. The van der Waals surface area contributed by atoms with Crippen LogP contribution in [0.15, 0.2) is 0 Å². The van der Waals surface area contributed by atoms with Gasteiger partial charge in [-0.15, -0.1) is 5.10 Å². The summed E-state index contributed by atoms with van der Waals surface area (Å²) in [4.78, 5) is 1.14. The second-order valence-electron chi connectivity index (χ2n) is 4.58. The van der Waals surface area contributed by atoms with Gasteiger partial charge in [-0.05, 0) is 29.8 Å². The van der Waals surface area contributed by atoms with Crippen molar-refractivity contribution in [2.24, 2.45) is 11.8 Å². The van der Waals surface area contributed by atoms with E-state index < -0.39 is 0 Å². The van der Waals surface area contributed by atoms with Crippen molar-refractivity contribution in [2.45, 2.75) is 39.2 Å². The molecule has 0 aromatic carbocycles. The van der Waals surface area contributed by atoms with Crippen LogP contribution in [0.3, 0.4) is 0 Å². The van der Waals surface area contributed by atoms with Crippen LogP contribution < -0.4 is 11.3 Å². The van der Waals surface area contributed by atoms with Crippen molar-refractivity contribution < 1.29 is 4.74 Å². The van der Waals surface area contributed by atoms with Crippen LogP contribution in [0.4, 0.5) is 0 Å². The molecule has 0 saturated heterocycles. The normalized spacial score (nSPS) is 15.2. The van der Waals surface area contributed by atoms with Gasteiger partial charge in [0.25, 0.3) is 0 Å². The van der Waals surface area contributed by atoms with Crippen LogP contribution in [0.1, 0.15) is 49.7 Å². The minimum absolute atomic E-state index is 0.0996. The van der Waals surface area contributed by atoms with Gasteiger partial charge in [0, 0.05) is 13.7 Å². The molecular weight excluding hydrogens is 236 g/mol. The molecule has 0 fully saturated rings. The van der Waals surface area contributed by atoms with Gasteiger partial charge < -0.3 is 4.74 Å². The SMILES string of the molecule is COCCC(C)C(NN)c1snnc1C(C)C. The zero-order valence-corrected chi connectivity index (χ0v) is 11.8. The van der Waals surface area contributed by atoms with Gasteiger partial charge in [-0.2, -0.15) is 0 Å². The zero-order valence-electron chi connectivity index (χ0n) is 10.9. The van der Waals surface area contributed by atoms with E-state index in [1.54, 1.807) is 7.11 Å². The number of nitrogens with zero attached hydrogens (tertiary/aromatic N) is 2. The van der Waals surface area contributed by atoms with Crippen LogP contribution >= 0.6 is 11.5 Å². The van der Waals surface area contributed by atoms with Crippen molar-refractivity contribution in [1.82, 2.24) is 15.0 Å². The molecule has 0 amide bonds. The molecule has 0 spiro atoms. The molecule has 0 saturated carbocycles. The van der Waals surface area contributed by atoms with Gasteiger partial charge in [0.2, 0.25) is 0 Å². The maximum Gasteiger partial charge on any atom is 0.0829 e. The van der Waals surface area contributed by atoms with Gasteiger partial charge in [0.1, 0.15) is 0 Å². The molecule has 0 aliphatic carbocycles. The number of hydrazine groups is 1. The van der Waals surface area contributed by atoms with Crippen LogP contribution in [0.5, 0.6) is 0 Å². The number of hydrogen-bond acceptors (Lipinski definition) is 6. The molecule has 1 heterocycles. The molecule has 3 N–H and O–H groups in total. The lowest BCUT2D eigenvalue weighted by Gasteiger charge is -2.22. The quantitative estimate of drug-likeness (QED) is 0.576. The Morgan fingerprint density at radius 1 is 1.41 bits per heavy atom. The molecule has 98 valence electrons. The number of rotatable bonds is 7. The third-order valence-electron chi connectivity index (χ3n) is 2.90. The second-order valence-corrected chi connectivity index (χ2v) is 5.37. The fourth-order valence-electron chi connectivity index (χ4n) is 1.79. The summed E-state index contributed by atoms with van der Waals surface area (Å²) in [6.07, 6.45) is 0.959. The van der Waals surface area contributed by atoms with Crippen LogP contribution in [-0.4, -0.2) is 23.3 Å². The smallest absolute Gasteiger partial charge is 0.0829 e. The molecular formula is C11H22N4OS. The molecule has 0 aliphatic rings. The Balaban J connectivity index is 2.81. The maximum absolute atomic E-state index is 5.67. The van der Waals surface area contributed by atoms with Crippen LogP contribution in [0.2, 0.25) is 0 Å². The Morgan fingerprint density at radius 2 is 2.12 bits per heavy atom. The molecule has 2 atom stereocenters. The second kappa shape index (κ2) is 7.00. The minimum atomic E-state index is 0.0996. The van der Waals surface area contributed by atoms with E-state index in [0.717, 1.165) is 23.6 Å². The first kappa shape index (κ1) is 14.5. The predicted octanol–water partition coefficient (Wildman–Crippen LogP) is 1.84. The highest BCUT2D eigenvalue weighted by molar-refractivity contribution is 7.05. The summed E-state index contributed by atoms with van der Waals surface area (Å²) < 4.78 is 9.15. The first-order chi connectivity index (χ1) is 8.11. The van der Waals surface area contributed by atoms with E-state index in [0.29, 0.717) is 11.8 Å². The lowest BCUT2D eigenvalue weighted by molar-refractivity contribution is 0.170. The van der Waals surface area contributed by atoms with Crippen molar-refractivity contribution >= 4 is 11.5 Å². The Morgan fingerprint density at radius 3 is 2.65 bits per heavy atom. The number of nitrogens with two attached hydrogens (primary N) is 1. The highest BCUT2D eigenvalue weighted by atomic mass is 32.1. The summed E-state index contributed by atoms with van der Waals surface area (Å²) in [6.45, 7) is 7.14. The van der Waals surface area contributed by atoms with E-state index in [1.807, 2.05) is 0 Å². The third-order valence-corrected chi connectivity index (χ3v) is 3.72. The Hall–Kier alpha value is -0.560. The number of nitrogens with one attached hydrogen (secondary N) is 1. The van der Waals surface area contributed by atoms with Crippen molar-refractivity contribution in [3.63, 3.8) is 0 Å². The molecule has 6 heteroatoms. The van der Waals surface area contributed by atoms with E-state index in [9.17, 15) is 0 Å². The van der Waals surface area contributed by atoms with Gasteiger partial charge >= 0.3 is 0 Å². The summed E-state index contributed by atoms with van der Waals surface area (Å²) >= 11 is 1.43. The molecule has 0 aliphatic heterocycles. The summed E-state index contributed by atoms with van der Waals surface area (Å²) in [7, 11) is 1.71. The minimum Gasteiger partial charge on any atom is -0.385 e. The average molecular weight is 258 g/mol. The molecule has 1 aromatic rings. The van der Waals surface area contributed by atoms with Crippen LogP contribution in [0.25, 0.3) is 0 Å². The first-order valence-electron chi connectivity index (χ1n) is 5.89. The van der Waals surface area contributed by atoms with Crippen LogP contribution in [-0.2, 0) is 4.74 Å². The molecule has 0 bridgehead atoms. The lowest BCUT2D eigenvalue weighted by atomic mass is 9.94. The summed E-state index contributed by atoms with van der Waals surface area (Å²) in [5.41, 5.74) is 3.93. The largest absolute Gasteiger partial charge is 0.385 e. The van der Waals surface area contributed by atoms with Crippen molar-refractivity contribution in [2.75, 3.05) is 13.7 Å². The third kappa shape index (κ3) is 3.70. The molecule has 1 rings (SSSR count). The van der Waals surface area contributed by atoms with Gasteiger partial charge in [-0.3, -0.25) is 11.3 Å². The molecule has 0 radical (unpaired) electrons. The highest BCUT2D eigenvalue weighted by Crippen LogP contribution is 2.31. The number of ether oxygens (including phenoxy) is 1. The van der Waals surface area contributed by atoms with E-state index in [-0.39, 0.29) is 6.04 Å². The van der Waals surface area contributed by atoms with Crippen molar-refractivity contribution in [3.05, 3.63) is 10.6 Å². The highest BCUT2D eigenvalue weighted by Gasteiger charge is 2.24. The van der Waals surface area contributed by atoms with E-state index in [4.69, 9.17) is 10.6 Å². The summed E-state index contributed by atoms with van der Waals surface area (Å²) in [5, 5.41) is 4.19.